The average molecular weight is 315 g/mol. The van der Waals surface area contributed by atoms with Crippen molar-refractivity contribution in [2.75, 3.05) is 6.54 Å². The van der Waals surface area contributed by atoms with E-state index in [-0.39, 0.29) is 17.6 Å². The van der Waals surface area contributed by atoms with Gasteiger partial charge in [-0.05, 0) is 31.0 Å². The minimum Gasteiger partial charge on any atom is -0.457 e. The minimum absolute atomic E-state index is 0.0837. The average Bonchev–Trinajstić information content (AvgIpc) is 3.10. The third-order valence-corrected chi connectivity index (χ3v) is 3.66. The highest BCUT2D eigenvalue weighted by molar-refractivity contribution is 5.89. The number of esters is 1. The van der Waals surface area contributed by atoms with Crippen LogP contribution in [-0.2, 0) is 9.53 Å². The van der Waals surface area contributed by atoms with Crippen LogP contribution in [0.3, 0.4) is 0 Å². The molecule has 2 rings (SSSR count). The van der Waals surface area contributed by atoms with E-state index in [0.717, 1.165) is 6.42 Å². The number of hydrogen-bond donors (Lipinski definition) is 1. The summed E-state index contributed by atoms with van der Waals surface area (Å²) in [6.07, 6.45) is 1.42. The van der Waals surface area contributed by atoms with Crippen molar-refractivity contribution in [1.82, 2.24) is 5.32 Å². The van der Waals surface area contributed by atoms with Gasteiger partial charge >= 0.3 is 5.97 Å². The molecule has 2 aromatic rings. The van der Waals surface area contributed by atoms with Gasteiger partial charge in [0.15, 0.2) is 6.10 Å². The fraction of sp³-hybridized carbons (Fsp3) is 0.333. The Bertz CT molecular complexity index is 622. The van der Waals surface area contributed by atoms with Crippen molar-refractivity contribution in [1.29, 1.82) is 0 Å². The lowest BCUT2D eigenvalue weighted by Gasteiger charge is -2.18. The largest absolute Gasteiger partial charge is 0.457 e. The summed E-state index contributed by atoms with van der Waals surface area (Å²) in [4.78, 5) is 23.8. The number of nitrogens with one attached hydrogen (secondary N) is 1. The first kappa shape index (κ1) is 16.8. The molecule has 0 saturated carbocycles. The van der Waals surface area contributed by atoms with Crippen LogP contribution in [0.1, 0.15) is 42.3 Å². The maximum absolute atomic E-state index is 12.1. The topological polar surface area (TPSA) is 68.5 Å². The van der Waals surface area contributed by atoms with E-state index in [1.807, 2.05) is 30.3 Å². The predicted molar refractivity (Wildman–Crippen MR) is 86.1 cm³/mol. The van der Waals surface area contributed by atoms with Gasteiger partial charge in [-0.1, -0.05) is 37.3 Å². The number of benzene rings is 1. The monoisotopic (exact) mass is 315 g/mol. The molecule has 1 aromatic heterocycles. The van der Waals surface area contributed by atoms with E-state index in [9.17, 15) is 9.59 Å². The third kappa shape index (κ3) is 4.71. The van der Waals surface area contributed by atoms with Gasteiger partial charge in [0.2, 0.25) is 5.76 Å². The molecule has 23 heavy (non-hydrogen) atoms. The zero-order valence-corrected chi connectivity index (χ0v) is 13.3. The van der Waals surface area contributed by atoms with E-state index in [0.29, 0.717) is 6.54 Å². The van der Waals surface area contributed by atoms with E-state index in [1.54, 1.807) is 13.0 Å². The highest BCUT2D eigenvalue weighted by atomic mass is 16.6. The molecule has 1 amide bonds. The van der Waals surface area contributed by atoms with Crippen molar-refractivity contribution >= 4 is 11.9 Å². The Kier molecular flexibility index (Phi) is 5.97. The summed E-state index contributed by atoms with van der Waals surface area (Å²) in [5, 5.41) is 2.84. The van der Waals surface area contributed by atoms with Crippen LogP contribution in [0.2, 0.25) is 0 Å². The van der Waals surface area contributed by atoms with E-state index >= 15 is 0 Å². The summed E-state index contributed by atoms with van der Waals surface area (Å²) < 4.78 is 10.0. The molecule has 1 heterocycles. The molecule has 2 atom stereocenters. The maximum Gasteiger partial charge on any atom is 0.374 e. The van der Waals surface area contributed by atoms with Crippen LogP contribution in [0, 0.1) is 0 Å². The Morgan fingerprint density at radius 3 is 2.52 bits per heavy atom. The number of ether oxygens (including phenoxy) is 1. The number of amides is 1. The van der Waals surface area contributed by atoms with E-state index in [2.05, 4.69) is 12.2 Å². The summed E-state index contributed by atoms with van der Waals surface area (Å²) in [6.45, 7) is 4.12. The Balaban J connectivity index is 1.84. The van der Waals surface area contributed by atoms with E-state index in [1.165, 1.54) is 17.9 Å². The Hall–Kier alpha value is -2.56. The van der Waals surface area contributed by atoms with Gasteiger partial charge in [-0.2, -0.15) is 0 Å². The first-order valence-electron chi connectivity index (χ1n) is 7.69. The molecule has 0 bridgehead atoms. The standard InChI is InChI=1S/C18H21NO4/c1-3-14(15-8-5-4-6-9-15)12-19-17(20)13(2)23-18(21)16-10-7-11-22-16/h4-11,13-14H,3,12H2,1-2H3,(H,19,20)/t13-,14+/m0/s1. The molecular formula is C18H21NO4. The molecule has 5 heteroatoms. The molecule has 0 aliphatic heterocycles. The second-order valence-corrected chi connectivity index (χ2v) is 5.29. The molecule has 0 unspecified atom stereocenters. The van der Waals surface area contributed by atoms with Gasteiger partial charge in [0, 0.05) is 12.5 Å². The Labute approximate surface area is 135 Å². The van der Waals surface area contributed by atoms with Crippen LogP contribution in [0.25, 0.3) is 0 Å². The lowest BCUT2D eigenvalue weighted by Crippen LogP contribution is -2.37. The maximum atomic E-state index is 12.1. The smallest absolute Gasteiger partial charge is 0.374 e. The van der Waals surface area contributed by atoms with Crippen molar-refractivity contribution in [3.63, 3.8) is 0 Å². The summed E-state index contributed by atoms with van der Waals surface area (Å²) in [6, 6.07) is 13.1. The van der Waals surface area contributed by atoms with Gasteiger partial charge in [0.05, 0.1) is 6.26 Å². The van der Waals surface area contributed by atoms with Crippen LogP contribution in [0.4, 0.5) is 0 Å². The molecule has 1 aromatic carbocycles. The van der Waals surface area contributed by atoms with Crippen molar-refractivity contribution in [2.45, 2.75) is 32.3 Å². The zero-order chi connectivity index (χ0) is 16.7. The minimum atomic E-state index is -0.874. The summed E-state index contributed by atoms with van der Waals surface area (Å²) in [7, 11) is 0. The summed E-state index contributed by atoms with van der Waals surface area (Å²) in [5.74, 6) is -0.652. The van der Waals surface area contributed by atoms with Gasteiger partial charge in [-0.3, -0.25) is 4.79 Å². The fourth-order valence-electron chi connectivity index (χ4n) is 2.26. The van der Waals surface area contributed by atoms with Gasteiger partial charge in [0.25, 0.3) is 5.91 Å². The van der Waals surface area contributed by atoms with Gasteiger partial charge in [-0.15, -0.1) is 0 Å². The van der Waals surface area contributed by atoms with Crippen LogP contribution in [0.15, 0.2) is 53.1 Å². The molecule has 0 fully saturated rings. The Morgan fingerprint density at radius 1 is 1.17 bits per heavy atom. The summed E-state index contributed by atoms with van der Waals surface area (Å²) >= 11 is 0. The molecule has 0 aliphatic rings. The highest BCUT2D eigenvalue weighted by Gasteiger charge is 2.21. The van der Waals surface area contributed by atoms with E-state index < -0.39 is 12.1 Å². The lowest BCUT2D eigenvalue weighted by molar-refractivity contribution is -0.129. The second kappa shape index (κ2) is 8.17. The molecular weight excluding hydrogens is 294 g/mol. The molecule has 0 radical (unpaired) electrons. The number of furan rings is 1. The number of hydrogen-bond acceptors (Lipinski definition) is 4. The van der Waals surface area contributed by atoms with Crippen LogP contribution in [-0.4, -0.2) is 24.5 Å². The van der Waals surface area contributed by atoms with Crippen LogP contribution >= 0.6 is 0 Å². The van der Waals surface area contributed by atoms with Crippen molar-refractivity contribution in [3.05, 3.63) is 60.1 Å². The second-order valence-electron chi connectivity index (χ2n) is 5.29. The third-order valence-electron chi connectivity index (χ3n) is 3.66. The molecule has 122 valence electrons. The molecule has 5 nitrogen and oxygen atoms in total. The normalized spacial score (nSPS) is 13.1. The van der Waals surface area contributed by atoms with Crippen molar-refractivity contribution < 1.29 is 18.7 Å². The number of carbonyl (C=O) groups excluding carboxylic acids is 2. The number of carbonyl (C=O) groups is 2. The first-order chi connectivity index (χ1) is 11.1. The predicted octanol–water partition coefficient (Wildman–Crippen LogP) is 3.13. The van der Waals surface area contributed by atoms with E-state index in [4.69, 9.17) is 9.15 Å². The van der Waals surface area contributed by atoms with Gasteiger partial charge < -0.3 is 14.5 Å². The van der Waals surface area contributed by atoms with Crippen molar-refractivity contribution in [2.24, 2.45) is 0 Å². The number of rotatable bonds is 7. The van der Waals surface area contributed by atoms with Crippen LogP contribution in [0.5, 0.6) is 0 Å². The first-order valence-corrected chi connectivity index (χ1v) is 7.69. The quantitative estimate of drug-likeness (QED) is 0.797. The zero-order valence-electron chi connectivity index (χ0n) is 13.3. The molecule has 0 saturated heterocycles. The Morgan fingerprint density at radius 2 is 1.91 bits per heavy atom. The SMILES string of the molecule is CC[C@H](CNC(=O)[C@H](C)OC(=O)c1ccco1)c1ccccc1. The van der Waals surface area contributed by atoms with Crippen molar-refractivity contribution in [3.8, 4) is 0 Å². The summed E-state index contributed by atoms with van der Waals surface area (Å²) in [5.41, 5.74) is 1.18. The van der Waals surface area contributed by atoms with Gasteiger partial charge in [0.1, 0.15) is 0 Å². The lowest BCUT2D eigenvalue weighted by atomic mass is 9.96. The molecule has 0 aliphatic carbocycles. The molecule has 0 spiro atoms. The molecule has 1 N–H and O–H groups in total. The van der Waals surface area contributed by atoms with Gasteiger partial charge in [-0.25, -0.2) is 4.79 Å². The van der Waals surface area contributed by atoms with Crippen LogP contribution < -0.4 is 5.32 Å². The fourth-order valence-corrected chi connectivity index (χ4v) is 2.26. The highest BCUT2D eigenvalue weighted by Crippen LogP contribution is 2.18.